The number of urea groups is 1. The summed E-state index contributed by atoms with van der Waals surface area (Å²) in [4.78, 5) is 32.6. The largest absolute Gasteiger partial charge is 0.506 e. The van der Waals surface area contributed by atoms with Gasteiger partial charge in [0.25, 0.3) is 5.89 Å². The molecule has 0 radical (unpaired) electrons. The first kappa shape index (κ1) is 23.4. The molecule has 1 aromatic heterocycles. The van der Waals surface area contributed by atoms with Gasteiger partial charge in [-0.25, -0.2) is 4.79 Å². The van der Waals surface area contributed by atoms with E-state index in [1.807, 2.05) is 62.4 Å². The van der Waals surface area contributed by atoms with Crippen LogP contribution in [0.15, 0.2) is 77.4 Å². The molecular weight excluding hydrogens is 456 g/mol. The van der Waals surface area contributed by atoms with E-state index in [-0.39, 0.29) is 24.4 Å². The van der Waals surface area contributed by atoms with E-state index in [0.29, 0.717) is 17.2 Å². The molecule has 2 heterocycles. The van der Waals surface area contributed by atoms with Gasteiger partial charge < -0.3 is 9.26 Å². The van der Waals surface area contributed by atoms with E-state index in [9.17, 15) is 9.59 Å². The maximum Gasteiger partial charge on any atom is 0.506 e. The second-order valence-corrected chi connectivity index (χ2v) is 8.91. The molecule has 0 spiro atoms. The van der Waals surface area contributed by atoms with Crippen LogP contribution in [0.4, 0.5) is 10.5 Å². The van der Waals surface area contributed by atoms with E-state index < -0.39 is 11.9 Å². The number of amides is 3. The molecule has 5 rings (SSSR count). The number of rotatable bonds is 7. The zero-order chi connectivity index (χ0) is 25.2. The average molecular weight is 484 g/mol. The summed E-state index contributed by atoms with van der Waals surface area (Å²) in [7, 11) is 0. The maximum atomic E-state index is 13.6. The van der Waals surface area contributed by atoms with Crippen molar-refractivity contribution in [3.8, 4) is 17.1 Å². The van der Waals surface area contributed by atoms with Crippen molar-refractivity contribution < 1.29 is 23.4 Å². The number of nitrogens with zero attached hydrogens (tertiary/aromatic N) is 4. The van der Waals surface area contributed by atoms with Crippen molar-refractivity contribution in [2.75, 3.05) is 4.90 Å². The molecule has 1 atom stereocenters. The van der Waals surface area contributed by atoms with Gasteiger partial charge in [0.15, 0.2) is 6.54 Å². The average Bonchev–Trinajstić information content (AvgIpc) is 3.36. The number of ether oxygens (including phenoxy) is 1. The zero-order valence-electron chi connectivity index (χ0n) is 20.4. The lowest BCUT2D eigenvalue weighted by atomic mass is 9.94. The van der Waals surface area contributed by atoms with Crippen LogP contribution in [-0.2, 0) is 17.8 Å². The molecule has 8 nitrogen and oxygen atoms in total. The van der Waals surface area contributed by atoms with Crippen LogP contribution >= 0.6 is 0 Å². The molecule has 0 saturated heterocycles. The quantitative estimate of drug-likeness (QED) is 0.442. The fourth-order valence-electron chi connectivity index (χ4n) is 4.27. The summed E-state index contributed by atoms with van der Waals surface area (Å²) in [6.07, 6.45) is 8.15. The van der Waals surface area contributed by atoms with Crippen LogP contribution in [0.25, 0.3) is 11.4 Å². The number of imide groups is 1. The second kappa shape index (κ2) is 9.73. The van der Waals surface area contributed by atoms with Crippen LogP contribution in [0.1, 0.15) is 32.2 Å². The fourth-order valence-corrected chi connectivity index (χ4v) is 4.27. The molecule has 1 aliphatic heterocycles. The number of hydrogen-bond donors (Lipinski definition) is 0. The number of fused-ring (bicyclic) bond motifs is 1. The minimum absolute atomic E-state index is 0.0429. The minimum atomic E-state index is -0.575. The van der Waals surface area contributed by atoms with E-state index in [1.165, 1.54) is 9.48 Å². The van der Waals surface area contributed by atoms with Crippen LogP contribution in [-0.4, -0.2) is 38.5 Å². The lowest BCUT2D eigenvalue weighted by molar-refractivity contribution is -0.449. The third-order valence-electron chi connectivity index (χ3n) is 6.07. The van der Waals surface area contributed by atoms with E-state index in [4.69, 9.17) is 9.26 Å². The Morgan fingerprint density at radius 1 is 1.06 bits per heavy atom. The predicted octanol–water partition coefficient (Wildman–Crippen LogP) is 4.95. The van der Waals surface area contributed by atoms with Crippen LogP contribution in [0, 0.1) is 5.92 Å². The highest BCUT2D eigenvalue weighted by Crippen LogP contribution is 2.27. The first-order valence-electron chi connectivity index (χ1n) is 12.0. The Labute approximate surface area is 209 Å². The molecular formula is C28H27N4O4+. The van der Waals surface area contributed by atoms with E-state index in [1.54, 1.807) is 24.3 Å². The van der Waals surface area contributed by atoms with Crippen molar-refractivity contribution in [2.24, 2.45) is 5.92 Å². The van der Waals surface area contributed by atoms with Crippen molar-refractivity contribution in [1.29, 1.82) is 0 Å². The Bertz CT molecular complexity index is 1380. The molecule has 1 aliphatic carbocycles. The molecule has 1 unspecified atom stereocenters. The number of carbonyl (C=O) groups is 2. The van der Waals surface area contributed by atoms with Gasteiger partial charge in [-0.15, -0.1) is 4.90 Å². The van der Waals surface area contributed by atoms with Gasteiger partial charge in [-0.1, -0.05) is 42.4 Å². The van der Waals surface area contributed by atoms with Gasteiger partial charge in [-0.2, -0.15) is 14.4 Å². The van der Waals surface area contributed by atoms with Crippen molar-refractivity contribution in [3.63, 3.8) is 0 Å². The van der Waals surface area contributed by atoms with Crippen molar-refractivity contribution in [2.45, 2.75) is 39.8 Å². The van der Waals surface area contributed by atoms with Gasteiger partial charge in [-0.3, -0.25) is 0 Å². The lowest BCUT2D eigenvalue weighted by Crippen LogP contribution is -2.54. The summed E-state index contributed by atoms with van der Waals surface area (Å²) < 4.78 is 12.7. The number of aromatic nitrogens is 2. The van der Waals surface area contributed by atoms with Crippen molar-refractivity contribution >= 4 is 23.3 Å². The Kier molecular flexibility index (Phi) is 6.33. The molecule has 182 valence electrons. The predicted molar refractivity (Wildman–Crippen MR) is 135 cm³/mol. The highest BCUT2D eigenvalue weighted by Gasteiger charge is 2.48. The molecule has 2 aromatic carbocycles. The van der Waals surface area contributed by atoms with Gasteiger partial charge in [0, 0.05) is 5.56 Å². The standard InChI is InChI=1S/C28H27N4O4/c1-4-19-9-13-21(14-10-19)32-27(33)23-7-5-6-8-24(23)31(28(32)34)17-25-29-26(30-36-25)20-11-15-22(16-12-20)35-18(2)3/h5-16,18,23H,4,17H2,1-3H3/q+1. The molecule has 2 aliphatic rings. The number of benzene rings is 2. The third-order valence-corrected chi connectivity index (χ3v) is 6.07. The molecule has 0 bridgehead atoms. The lowest BCUT2D eigenvalue weighted by Gasteiger charge is -2.26. The highest BCUT2D eigenvalue weighted by molar-refractivity contribution is 6.25. The number of carbonyl (C=O) groups excluding carboxylic acids is 2. The molecule has 36 heavy (non-hydrogen) atoms. The number of allylic oxidation sites excluding steroid dienone is 3. The van der Waals surface area contributed by atoms with Crippen LogP contribution in [0.5, 0.6) is 5.75 Å². The van der Waals surface area contributed by atoms with Gasteiger partial charge in [-0.05, 0) is 68.3 Å². The SMILES string of the molecule is CCc1ccc(N2C(=O)C3C=CC=CC3=[N+](Cc3nc(-c4ccc(OC(C)C)cc4)no3)C2=O)cc1. The summed E-state index contributed by atoms with van der Waals surface area (Å²) in [5.74, 6) is 0.577. The molecule has 0 fully saturated rings. The minimum Gasteiger partial charge on any atom is -0.491 e. The summed E-state index contributed by atoms with van der Waals surface area (Å²) in [6, 6.07) is 14.4. The number of anilines is 1. The second-order valence-electron chi connectivity index (χ2n) is 8.91. The fraction of sp³-hybridized carbons (Fsp3) is 0.250. The van der Waals surface area contributed by atoms with E-state index in [0.717, 1.165) is 23.3 Å². The van der Waals surface area contributed by atoms with Gasteiger partial charge in [0.1, 0.15) is 23.1 Å². The summed E-state index contributed by atoms with van der Waals surface area (Å²) in [5, 5.41) is 4.10. The van der Waals surface area contributed by atoms with Crippen molar-refractivity contribution in [1.82, 2.24) is 10.1 Å². The maximum absolute atomic E-state index is 13.6. The summed E-state index contributed by atoms with van der Waals surface area (Å²) in [5.41, 5.74) is 3.01. The molecule has 0 saturated carbocycles. The monoisotopic (exact) mass is 483 g/mol. The third kappa shape index (κ3) is 4.49. The zero-order valence-corrected chi connectivity index (χ0v) is 20.4. The Balaban J connectivity index is 1.44. The molecule has 8 heteroatoms. The normalized spacial score (nSPS) is 17.2. The Hall–Kier alpha value is -4.33. The van der Waals surface area contributed by atoms with Gasteiger partial charge >= 0.3 is 11.9 Å². The van der Waals surface area contributed by atoms with Gasteiger partial charge in [0.2, 0.25) is 5.82 Å². The van der Waals surface area contributed by atoms with E-state index in [2.05, 4.69) is 17.1 Å². The van der Waals surface area contributed by atoms with Crippen molar-refractivity contribution in [3.05, 3.63) is 84.3 Å². The first-order chi connectivity index (χ1) is 17.4. The number of aryl methyl sites for hydroxylation is 1. The van der Waals surface area contributed by atoms with E-state index >= 15 is 0 Å². The van der Waals surface area contributed by atoms with Crippen LogP contribution in [0.3, 0.4) is 0 Å². The first-order valence-corrected chi connectivity index (χ1v) is 12.0. The Morgan fingerprint density at radius 3 is 2.50 bits per heavy atom. The Morgan fingerprint density at radius 2 is 1.81 bits per heavy atom. The topological polar surface area (TPSA) is 88.5 Å². The molecule has 3 amide bonds. The van der Waals surface area contributed by atoms with Gasteiger partial charge in [0.05, 0.1) is 6.10 Å². The smallest absolute Gasteiger partial charge is 0.491 e. The van der Waals surface area contributed by atoms with Crippen LogP contribution < -0.4 is 9.64 Å². The highest BCUT2D eigenvalue weighted by atomic mass is 16.5. The number of hydrogen-bond acceptors (Lipinski definition) is 6. The summed E-state index contributed by atoms with van der Waals surface area (Å²) >= 11 is 0. The summed E-state index contributed by atoms with van der Waals surface area (Å²) in [6.45, 7) is 6.04. The molecule has 0 N–H and O–H groups in total. The van der Waals surface area contributed by atoms with Crippen LogP contribution in [0.2, 0.25) is 0 Å². The molecule has 3 aromatic rings.